The maximum absolute atomic E-state index is 2.43. The van der Waals surface area contributed by atoms with E-state index in [1.54, 1.807) is 0 Å². The van der Waals surface area contributed by atoms with Crippen molar-refractivity contribution in [2.75, 3.05) is 0 Å². The second-order valence-corrected chi connectivity index (χ2v) is 5.21. The zero-order valence-electron chi connectivity index (χ0n) is 10.7. The minimum Gasteiger partial charge on any atom is -0.0758 e. The number of aryl methyl sites for hydroxylation is 2. The highest BCUT2D eigenvalue weighted by Crippen LogP contribution is 2.18. The second kappa shape index (κ2) is 3.73. The quantitative estimate of drug-likeness (QED) is 0.642. The molecule has 0 bridgehead atoms. The molecule has 0 radical (unpaired) electrons. The SMILES string of the molecule is Cc1c2c(c(C)c3ccccc13)=CC(C)CC=2. The molecule has 86 valence electrons. The lowest BCUT2D eigenvalue weighted by Crippen LogP contribution is -2.33. The molecule has 0 saturated heterocycles. The minimum absolute atomic E-state index is 0.668. The Bertz CT molecular complexity index is 705. The molecular formula is C17H18. The summed E-state index contributed by atoms with van der Waals surface area (Å²) >= 11 is 0. The van der Waals surface area contributed by atoms with Gasteiger partial charge in [-0.1, -0.05) is 43.3 Å². The minimum atomic E-state index is 0.668. The molecule has 0 aliphatic heterocycles. The van der Waals surface area contributed by atoms with Gasteiger partial charge in [0, 0.05) is 0 Å². The summed E-state index contributed by atoms with van der Waals surface area (Å²) in [4.78, 5) is 0. The number of fused-ring (bicyclic) bond motifs is 2. The van der Waals surface area contributed by atoms with Crippen molar-refractivity contribution in [1.82, 2.24) is 0 Å². The molecule has 0 spiro atoms. The predicted molar refractivity (Wildman–Crippen MR) is 75.4 cm³/mol. The molecule has 0 nitrogen and oxygen atoms in total. The molecule has 3 rings (SSSR count). The van der Waals surface area contributed by atoms with Crippen LogP contribution in [0.15, 0.2) is 24.3 Å². The van der Waals surface area contributed by atoms with Crippen molar-refractivity contribution in [3.05, 3.63) is 45.8 Å². The summed E-state index contributed by atoms with van der Waals surface area (Å²) in [7, 11) is 0. The normalized spacial score (nSPS) is 18.4. The first-order valence-corrected chi connectivity index (χ1v) is 6.38. The van der Waals surface area contributed by atoms with E-state index in [1.165, 1.54) is 38.8 Å². The van der Waals surface area contributed by atoms with Gasteiger partial charge in [0.05, 0.1) is 0 Å². The van der Waals surface area contributed by atoms with Crippen LogP contribution in [0.1, 0.15) is 24.5 Å². The van der Waals surface area contributed by atoms with E-state index in [4.69, 9.17) is 0 Å². The Kier molecular flexibility index (Phi) is 2.32. The maximum Gasteiger partial charge on any atom is -0.0146 e. The summed E-state index contributed by atoms with van der Waals surface area (Å²) in [5, 5.41) is 5.73. The first kappa shape index (κ1) is 10.6. The standard InChI is InChI=1S/C17H18/c1-11-8-9-16-12(2)14-6-4-5-7-15(14)13(3)17(16)10-11/h4-7,9-11H,8H2,1-3H3. The van der Waals surface area contributed by atoms with Crippen LogP contribution in [0.5, 0.6) is 0 Å². The molecule has 0 heteroatoms. The summed E-state index contributed by atoms with van der Waals surface area (Å²) < 4.78 is 0. The topological polar surface area (TPSA) is 0 Å². The lowest BCUT2D eigenvalue weighted by molar-refractivity contribution is 0.799. The van der Waals surface area contributed by atoms with E-state index in [-0.39, 0.29) is 0 Å². The van der Waals surface area contributed by atoms with Gasteiger partial charge in [-0.2, -0.15) is 0 Å². The van der Waals surface area contributed by atoms with E-state index in [0.29, 0.717) is 5.92 Å². The Morgan fingerprint density at radius 1 is 0.941 bits per heavy atom. The van der Waals surface area contributed by atoms with Gasteiger partial charge in [-0.15, -0.1) is 0 Å². The van der Waals surface area contributed by atoms with Crippen molar-refractivity contribution in [1.29, 1.82) is 0 Å². The van der Waals surface area contributed by atoms with Gasteiger partial charge in [-0.25, -0.2) is 0 Å². The van der Waals surface area contributed by atoms with Crippen molar-refractivity contribution in [2.45, 2.75) is 27.2 Å². The van der Waals surface area contributed by atoms with Gasteiger partial charge < -0.3 is 0 Å². The summed E-state index contributed by atoms with van der Waals surface area (Å²) in [5.74, 6) is 0.668. The third-order valence-electron chi connectivity index (χ3n) is 3.98. The predicted octanol–water partition coefficient (Wildman–Crippen LogP) is 3.06. The van der Waals surface area contributed by atoms with Crippen molar-refractivity contribution >= 4 is 22.9 Å². The first-order valence-electron chi connectivity index (χ1n) is 6.38. The van der Waals surface area contributed by atoms with Gasteiger partial charge in [0.2, 0.25) is 0 Å². The summed E-state index contributed by atoms with van der Waals surface area (Å²) in [6.45, 7) is 6.80. The highest BCUT2D eigenvalue weighted by atomic mass is 14.1. The summed E-state index contributed by atoms with van der Waals surface area (Å²) in [6.07, 6.45) is 6.02. The zero-order valence-corrected chi connectivity index (χ0v) is 10.7. The van der Waals surface area contributed by atoms with Crippen LogP contribution in [-0.4, -0.2) is 0 Å². The van der Waals surface area contributed by atoms with Gasteiger partial charge in [-0.3, -0.25) is 0 Å². The van der Waals surface area contributed by atoms with Crippen molar-refractivity contribution in [2.24, 2.45) is 5.92 Å². The number of hydrogen-bond donors (Lipinski definition) is 0. The van der Waals surface area contributed by atoms with Crippen molar-refractivity contribution in [3.8, 4) is 0 Å². The van der Waals surface area contributed by atoms with Gasteiger partial charge in [-0.05, 0) is 58.5 Å². The second-order valence-electron chi connectivity index (χ2n) is 5.21. The molecule has 0 fully saturated rings. The van der Waals surface area contributed by atoms with E-state index in [9.17, 15) is 0 Å². The zero-order chi connectivity index (χ0) is 12.0. The smallest absolute Gasteiger partial charge is 0.0146 e. The molecular weight excluding hydrogens is 204 g/mol. The number of benzene rings is 2. The number of rotatable bonds is 0. The van der Waals surface area contributed by atoms with Gasteiger partial charge in [0.1, 0.15) is 0 Å². The van der Waals surface area contributed by atoms with Crippen molar-refractivity contribution < 1.29 is 0 Å². The molecule has 0 saturated carbocycles. The summed E-state index contributed by atoms with van der Waals surface area (Å²) in [6, 6.07) is 8.75. The third-order valence-corrected chi connectivity index (χ3v) is 3.98. The molecule has 1 unspecified atom stereocenters. The molecule has 17 heavy (non-hydrogen) atoms. The van der Waals surface area contributed by atoms with Gasteiger partial charge >= 0.3 is 0 Å². The van der Waals surface area contributed by atoms with Crippen LogP contribution < -0.4 is 10.4 Å². The van der Waals surface area contributed by atoms with Crippen LogP contribution in [0.3, 0.4) is 0 Å². The molecule has 0 aromatic heterocycles. The highest BCUT2D eigenvalue weighted by molar-refractivity contribution is 5.89. The molecule has 0 N–H and O–H groups in total. The van der Waals surface area contributed by atoms with Crippen LogP contribution in [0.4, 0.5) is 0 Å². The molecule has 0 amide bonds. The summed E-state index contributed by atoms with van der Waals surface area (Å²) in [5.41, 5.74) is 2.87. The Labute approximate surface area is 102 Å². The van der Waals surface area contributed by atoms with E-state index >= 15 is 0 Å². The van der Waals surface area contributed by atoms with Crippen LogP contribution in [-0.2, 0) is 0 Å². The third kappa shape index (κ3) is 1.51. The fourth-order valence-electron chi connectivity index (χ4n) is 2.97. The molecule has 1 atom stereocenters. The molecule has 1 aliphatic carbocycles. The van der Waals surface area contributed by atoms with Gasteiger partial charge in [0.25, 0.3) is 0 Å². The first-order chi connectivity index (χ1) is 8.18. The molecule has 1 aliphatic rings. The van der Waals surface area contributed by atoms with E-state index < -0.39 is 0 Å². The Balaban J connectivity index is 2.60. The molecule has 2 aromatic carbocycles. The number of hydrogen-bond acceptors (Lipinski definition) is 0. The average Bonchev–Trinajstić information content (AvgIpc) is 2.36. The molecule has 0 heterocycles. The lowest BCUT2D eigenvalue weighted by atomic mass is 9.90. The van der Waals surface area contributed by atoms with E-state index in [2.05, 4.69) is 57.2 Å². The maximum atomic E-state index is 2.43. The average molecular weight is 222 g/mol. The van der Waals surface area contributed by atoms with Crippen LogP contribution in [0.2, 0.25) is 0 Å². The Morgan fingerprint density at radius 3 is 2.18 bits per heavy atom. The van der Waals surface area contributed by atoms with Gasteiger partial charge in [0.15, 0.2) is 0 Å². The van der Waals surface area contributed by atoms with E-state index in [0.717, 1.165) is 0 Å². The largest absolute Gasteiger partial charge is 0.0758 e. The van der Waals surface area contributed by atoms with Crippen LogP contribution in [0, 0.1) is 19.8 Å². The van der Waals surface area contributed by atoms with Crippen LogP contribution in [0.25, 0.3) is 22.9 Å². The van der Waals surface area contributed by atoms with Crippen LogP contribution >= 0.6 is 0 Å². The Hall–Kier alpha value is -1.56. The van der Waals surface area contributed by atoms with Crippen molar-refractivity contribution in [3.63, 3.8) is 0 Å². The Morgan fingerprint density at radius 2 is 1.53 bits per heavy atom. The highest BCUT2D eigenvalue weighted by Gasteiger charge is 2.09. The monoisotopic (exact) mass is 222 g/mol. The fourth-order valence-corrected chi connectivity index (χ4v) is 2.97. The molecule has 2 aromatic rings. The fraction of sp³-hybridized carbons (Fsp3) is 0.294. The van der Waals surface area contributed by atoms with E-state index in [1.807, 2.05) is 0 Å². The lowest BCUT2D eigenvalue weighted by Gasteiger charge is -2.14.